The average molecular weight is 486 g/mol. The van der Waals surface area contributed by atoms with E-state index in [1.165, 1.54) is 11.3 Å². The molecule has 0 saturated carbocycles. The molecule has 1 amide bonds. The van der Waals surface area contributed by atoms with Gasteiger partial charge in [-0.25, -0.2) is 13.1 Å². The fourth-order valence-corrected chi connectivity index (χ4v) is 6.87. The Morgan fingerprint density at radius 1 is 1.30 bits per heavy atom. The Bertz CT molecular complexity index is 1200. The number of carbonyl (C=O) groups is 1. The Hall–Kier alpha value is -1.58. The maximum atomic E-state index is 12.9. The number of amides is 1. The maximum absolute atomic E-state index is 12.9. The molecule has 2 heterocycles. The third-order valence-corrected chi connectivity index (χ3v) is 8.66. The highest BCUT2D eigenvalue weighted by molar-refractivity contribution is 7.89. The number of aromatic amines is 1. The van der Waals surface area contributed by atoms with Crippen molar-refractivity contribution in [3.05, 3.63) is 56.5 Å². The van der Waals surface area contributed by atoms with Crippen LogP contribution >= 0.6 is 34.5 Å². The van der Waals surface area contributed by atoms with Crippen LogP contribution in [0.4, 0.5) is 0 Å². The van der Waals surface area contributed by atoms with Crippen LogP contribution < -0.4 is 10.0 Å². The molecule has 0 spiro atoms. The summed E-state index contributed by atoms with van der Waals surface area (Å²) in [7, 11) is -3.46. The third-order valence-electron chi connectivity index (χ3n) is 5.29. The SMILES string of the molecule is CCCNS(=O)(=O)C[C@H]1c2ccccc2C[C@H]1NC(=O)c1cc2sc(Cl)c(Cl)c2[nH]1. The zero-order valence-corrected chi connectivity index (χ0v) is 19.3. The summed E-state index contributed by atoms with van der Waals surface area (Å²) in [6.07, 6.45) is 1.30. The molecule has 0 bridgehead atoms. The largest absolute Gasteiger partial charge is 0.349 e. The van der Waals surface area contributed by atoms with Crippen molar-refractivity contribution in [2.24, 2.45) is 0 Å². The Morgan fingerprint density at radius 3 is 2.80 bits per heavy atom. The van der Waals surface area contributed by atoms with E-state index < -0.39 is 10.0 Å². The summed E-state index contributed by atoms with van der Waals surface area (Å²) in [5.74, 6) is -0.697. The molecule has 0 unspecified atom stereocenters. The van der Waals surface area contributed by atoms with Crippen LogP contribution in [-0.4, -0.2) is 37.6 Å². The highest BCUT2D eigenvalue weighted by atomic mass is 35.5. The van der Waals surface area contributed by atoms with Crippen molar-refractivity contribution in [2.75, 3.05) is 12.3 Å². The number of halogens is 2. The van der Waals surface area contributed by atoms with Crippen molar-refractivity contribution in [3.63, 3.8) is 0 Å². The van der Waals surface area contributed by atoms with E-state index in [0.29, 0.717) is 33.5 Å². The standard InChI is InChI=1S/C20H21Cl2N3O3S2/c1-2-7-23-30(27,28)10-13-12-6-4-3-5-11(12)8-14(13)25-20(26)15-9-16-18(24-15)17(21)19(22)29-16/h3-6,9,13-14,23-24H,2,7-8,10H2,1H3,(H,25,26)/t13-,14+/m0/s1. The molecule has 4 rings (SSSR count). The van der Waals surface area contributed by atoms with Gasteiger partial charge in [-0.05, 0) is 30.0 Å². The van der Waals surface area contributed by atoms with Crippen molar-refractivity contribution >= 4 is 60.7 Å². The minimum atomic E-state index is -3.46. The zero-order valence-electron chi connectivity index (χ0n) is 16.2. The summed E-state index contributed by atoms with van der Waals surface area (Å²) in [4.78, 5) is 15.9. The Kier molecular flexibility index (Phi) is 6.14. The smallest absolute Gasteiger partial charge is 0.268 e. The first-order chi connectivity index (χ1) is 14.3. The van der Waals surface area contributed by atoms with Gasteiger partial charge < -0.3 is 10.3 Å². The Morgan fingerprint density at radius 2 is 2.07 bits per heavy atom. The molecule has 1 aromatic carbocycles. The van der Waals surface area contributed by atoms with Crippen LogP contribution in [0, 0.1) is 0 Å². The van der Waals surface area contributed by atoms with Crippen LogP contribution in [0.2, 0.25) is 9.36 Å². The van der Waals surface area contributed by atoms with Gasteiger partial charge in [0.05, 0.1) is 21.0 Å². The molecule has 6 nitrogen and oxygen atoms in total. The molecule has 10 heteroatoms. The number of rotatable bonds is 7. The lowest BCUT2D eigenvalue weighted by molar-refractivity contribution is 0.0930. The first-order valence-electron chi connectivity index (χ1n) is 9.61. The molecule has 2 aromatic heterocycles. The number of benzene rings is 1. The number of hydrogen-bond acceptors (Lipinski definition) is 4. The van der Waals surface area contributed by atoms with E-state index in [9.17, 15) is 13.2 Å². The number of thiophene rings is 1. The summed E-state index contributed by atoms with van der Waals surface area (Å²) < 4.78 is 29.0. The number of nitrogens with one attached hydrogen (secondary N) is 3. The molecule has 3 N–H and O–H groups in total. The van der Waals surface area contributed by atoms with Crippen molar-refractivity contribution in [1.29, 1.82) is 0 Å². The van der Waals surface area contributed by atoms with Gasteiger partial charge in [-0.3, -0.25) is 4.79 Å². The number of hydrogen-bond donors (Lipinski definition) is 3. The van der Waals surface area contributed by atoms with E-state index in [4.69, 9.17) is 23.2 Å². The van der Waals surface area contributed by atoms with Gasteiger partial charge in [-0.15, -0.1) is 11.3 Å². The first-order valence-corrected chi connectivity index (χ1v) is 12.8. The predicted molar refractivity (Wildman–Crippen MR) is 122 cm³/mol. The molecule has 1 aliphatic rings. The second-order valence-electron chi connectivity index (χ2n) is 7.38. The molecular formula is C20H21Cl2N3O3S2. The number of fused-ring (bicyclic) bond motifs is 2. The summed E-state index contributed by atoms with van der Waals surface area (Å²) >= 11 is 13.5. The molecule has 160 valence electrons. The van der Waals surface area contributed by atoms with Crippen molar-refractivity contribution in [2.45, 2.75) is 31.7 Å². The minimum absolute atomic E-state index is 0.0732. The molecule has 0 fully saturated rings. The fraction of sp³-hybridized carbons (Fsp3) is 0.350. The predicted octanol–water partition coefficient (Wildman–Crippen LogP) is 4.30. The van der Waals surface area contributed by atoms with Gasteiger partial charge in [0.1, 0.15) is 10.0 Å². The molecule has 0 radical (unpaired) electrons. The lowest BCUT2D eigenvalue weighted by Gasteiger charge is -2.22. The summed E-state index contributed by atoms with van der Waals surface area (Å²) in [5, 5.41) is 3.42. The third kappa shape index (κ3) is 4.24. The fourth-order valence-electron chi connectivity index (χ4n) is 3.88. The maximum Gasteiger partial charge on any atom is 0.268 e. The Labute approximate surface area is 189 Å². The van der Waals surface area contributed by atoms with Gasteiger partial charge in [0, 0.05) is 18.5 Å². The molecule has 30 heavy (non-hydrogen) atoms. The molecular weight excluding hydrogens is 465 g/mol. The second-order valence-corrected chi connectivity index (χ2v) is 11.3. The van der Waals surface area contributed by atoms with Gasteiger partial charge in [0.15, 0.2) is 0 Å². The van der Waals surface area contributed by atoms with E-state index in [1.807, 2.05) is 31.2 Å². The van der Waals surface area contributed by atoms with Gasteiger partial charge in [0.2, 0.25) is 10.0 Å². The molecule has 2 atom stereocenters. The zero-order chi connectivity index (χ0) is 21.5. The van der Waals surface area contributed by atoms with E-state index in [0.717, 1.165) is 22.2 Å². The number of sulfonamides is 1. The Balaban J connectivity index is 1.57. The van der Waals surface area contributed by atoms with Crippen LogP contribution in [0.15, 0.2) is 30.3 Å². The van der Waals surface area contributed by atoms with E-state index in [2.05, 4.69) is 15.0 Å². The lowest BCUT2D eigenvalue weighted by atomic mass is 10.0. The van der Waals surface area contributed by atoms with Crippen molar-refractivity contribution < 1.29 is 13.2 Å². The summed E-state index contributed by atoms with van der Waals surface area (Å²) in [6.45, 7) is 2.31. The van der Waals surface area contributed by atoms with E-state index in [-0.39, 0.29) is 23.6 Å². The van der Waals surface area contributed by atoms with Gasteiger partial charge in [-0.2, -0.15) is 0 Å². The quantitative estimate of drug-likeness (QED) is 0.465. The first kappa shape index (κ1) is 21.6. The van der Waals surface area contributed by atoms with Gasteiger partial charge in [0.25, 0.3) is 5.91 Å². The molecule has 1 aliphatic carbocycles. The monoisotopic (exact) mass is 485 g/mol. The van der Waals surface area contributed by atoms with Crippen molar-refractivity contribution in [1.82, 2.24) is 15.0 Å². The topological polar surface area (TPSA) is 91.1 Å². The van der Waals surface area contributed by atoms with Crippen molar-refractivity contribution in [3.8, 4) is 0 Å². The molecule has 0 aliphatic heterocycles. The highest BCUT2D eigenvalue weighted by Crippen LogP contribution is 2.39. The number of aromatic nitrogens is 1. The van der Waals surface area contributed by atoms with Crippen LogP contribution in [-0.2, 0) is 16.4 Å². The van der Waals surface area contributed by atoms with E-state index in [1.54, 1.807) is 6.07 Å². The van der Waals surface area contributed by atoms with Gasteiger partial charge in [-0.1, -0.05) is 54.4 Å². The number of carbonyl (C=O) groups excluding carboxylic acids is 1. The lowest BCUT2D eigenvalue weighted by Crippen LogP contribution is -2.41. The van der Waals surface area contributed by atoms with Gasteiger partial charge >= 0.3 is 0 Å². The summed E-state index contributed by atoms with van der Waals surface area (Å²) in [5.41, 5.74) is 3.03. The number of H-pyrrole nitrogens is 1. The van der Waals surface area contributed by atoms with E-state index >= 15 is 0 Å². The minimum Gasteiger partial charge on any atom is -0.349 e. The van der Waals surface area contributed by atoms with Crippen LogP contribution in [0.1, 0.15) is 40.9 Å². The molecule has 0 saturated heterocycles. The van der Waals surface area contributed by atoms with Crippen LogP contribution in [0.3, 0.4) is 0 Å². The van der Waals surface area contributed by atoms with Crippen LogP contribution in [0.5, 0.6) is 0 Å². The average Bonchev–Trinajstić information content (AvgIpc) is 3.34. The second kappa shape index (κ2) is 8.51. The highest BCUT2D eigenvalue weighted by Gasteiger charge is 2.36. The summed E-state index contributed by atoms with van der Waals surface area (Å²) in [6, 6.07) is 9.13. The molecule has 3 aromatic rings. The van der Waals surface area contributed by atoms with Crippen LogP contribution in [0.25, 0.3) is 10.2 Å². The normalized spacial score (nSPS) is 18.6.